The number of rotatable bonds is 8. The van der Waals surface area contributed by atoms with E-state index in [9.17, 15) is 60.7 Å². The number of allylic oxidation sites excluding steroid dienone is 12. The molecule has 0 radical (unpaired) electrons. The number of fused-ring (bicyclic) bond motifs is 2. The van der Waals surface area contributed by atoms with Gasteiger partial charge in [-0.2, -0.15) is 0 Å². The molecule has 15 N–H and O–H groups in total. The van der Waals surface area contributed by atoms with Crippen molar-refractivity contribution in [3.8, 4) is 0 Å². The Balaban J connectivity index is 1.93. The summed E-state index contributed by atoms with van der Waals surface area (Å²) in [6.45, 7) is 7.46. The van der Waals surface area contributed by atoms with Gasteiger partial charge in [0.25, 0.3) is 0 Å². The molecule has 0 aromatic rings. The Bertz CT molecular complexity index is 1780. The number of nitrogens with two attached hydrogens (primary N) is 2. The van der Waals surface area contributed by atoms with Crippen molar-refractivity contribution in [3.05, 3.63) is 85.1 Å². The molecule has 3 aliphatic heterocycles. The summed E-state index contributed by atoms with van der Waals surface area (Å²) in [7, 11) is 0. The maximum absolute atomic E-state index is 13.7. The predicted octanol–water partition coefficient (Wildman–Crippen LogP) is -0.281. The minimum atomic E-state index is -2.29. The van der Waals surface area contributed by atoms with E-state index in [1.807, 2.05) is 37.3 Å². The maximum Gasteiger partial charge on any atom is 0.308 e. The van der Waals surface area contributed by atoms with Gasteiger partial charge in [0.15, 0.2) is 12.1 Å². The highest BCUT2D eigenvalue weighted by Crippen LogP contribution is 2.38. The van der Waals surface area contributed by atoms with Gasteiger partial charge in [-0.15, -0.1) is 0 Å². The molecular weight excluding hydrogens is 927 g/mol. The van der Waals surface area contributed by atoms with Gasteiger partial charge < -0.3 is 91.5 Å². The highest BCUT2D eigenvalue weighted by atomic mass is 16.7. The zero-order chi connectivity index (χ0) is 52.7. The molecule has 2 bridgehead atoms. The lowest BCUT2D eigenvalue weighted by atomic mass is 9.82. The fourth-order valence-corrected chi connectivity index (χ4v) is 8.54. The van der Waals surface area contributed by atoms with E-state index in [-0.39, 0.29) is 57.9 Å². The molecule has 0 saturated carbocycles. The van der Waals surface area contributed by atoms with Gasteiger partial charge >= 0.3 is 5.97 Å². The largest absolute Gasteiger partial charge is 0.462 e. The van der Waals surface area contributed by atoms with Crippen LogP contribution in [0.1, 0.15) is 79.1 Å². The van der Waals surface area contributed by atoms with Gasteiger partial charge in [0, 0.05) is 50.6 Å². The van der Waals surface area contributed by atoms with E-state index in [0.29, 0.717) is 0 Å². The Kier molecular flexibility index (Phi) is 27.8. The molecule has 3 rings (SSSR count). The first kappa shape index (κ1) is 61.8. The van der Waals surface area contributed by atoms with Gasteiger partial charge in [0.1, 0.15) is 12.2 Å². The molecule has 0 spiro atoms. The molecule has 71 heavy (non-hydrogen) atoms. The topological polar surface area (TPSA) is 347 Å². The summed E-state index contributed by atoms with van der Waals surface area (Å²) >= 11 is 0. The predicted molar refractivity (Wildman–Crippen MR) is 262 cm³/mol. The summed E-state index contributed by atoms with van der Waals surface area (Å²) in [5.41, 5.74) is 11.6. The first-order chi connectivity index (χ1) is 33.7. The Morgan fingerprint density at radius 3 is 1.93 bits per heavy atom. The average Bonchev–Trinajstić information content (AvgIpc) is 3.30. The molecule has 1 amide bonds. The van der Waals surface area contributed by atoms with Crippen LogP contribution in [0.15, 0.2) is 85.1 Å². The van der Waals surface area contributed by atoms with Gasteiger partial charge in [-0.05, 0) is 33.1 Å². The standard InChI is InChI=1S/C51H83N3O17/c1-31-17-15-13-11-9-7-5-6-8-10-12-14-16-18-38(70-50-48(64)45(53)47(63)34(4)69-50)28-42-44(49(65)54-22-24-67-23-21-52)41(60)30-51(66,71-42)29-37(57)26-40(59)39(58)20-19-35(55)25-36(56)27-43(61)68-33(3)32(2)46(31)62/h5-18,31-42,44-48,50,55-60,62-64,66H,19-30,52-53H2,1-4H3,(H,54,65). The highest BCUT2D eigenvalue weighted by Gasteiger charge is 2.51. The van der Waals surface area contributed by atoms with Gasteiger partial charge in [-0.25, -0.2) is 0 Å². The summed E-state index contributed by atoms with van der Waals surface area (Å²) in [6, 6.07) is -1.14. The molecule has 2 fully saturated rings. The van der Waals surface area contributed by atoms with Crippen molar-refractivity contribution < 1.29 is 84.3 Å². The third-order valence-corrected chi connectivity index (χ3v) is 12.8. The van der Waals surface area contributed by atoms with Gasteiger partial charge in [-0.1, -0.05) is 98.9 Å². The van der Waals surface area contributed by atoms with Crippen LogP contribution in [-0.2, 0) is 33.3 Å². The van der Waals surface area contributed by atoms with Crippen LogP contribution in [0.2, 0.25) is 0 Å². The van der Waals surface area contributed by atoms with Crippen molar-refractivity contribution in [3.63, 3.8) is 0 Å². The van der Waals surface area contributed by atoms with Crippen LogP contribution in [0.5, 0.6) is 0 Å². The maximum atomic E-state index is 13.7. The van der Waals surface area contributed by atoms with Crippen molar-refractivity contribution >= 4 is 11.9 Å². The number of hydrogen-bond acceptors (Lipinski definition) is 19. The van der Waals surface area contributed by atoms with E-state index < -0.39 is 147 Å². The minimum absolute atomic E-state index is 0.0489. The number of hydrogen-bond donors (Lipinski definition) is 13. The van der Waals surface area contributed by atoms with Crippen LogP contribution in [-0.4, -0.2) is 187 Å². The number of carbonyl (C=O) groups is 2. The molecule has 19 unspecified atom stereocenters. The van der Waals surface area contributed by atoms with Gasteiger partial charge in [0.05, 0.1) is 98.7 Å². The number of cyclic esters (lactones) is 1. The summed E-state index contributed by atoms with van der Waals surface area (Å²) < 4.78 is 29.1. The Morgan fingerprint density at radius 2 is 1.31 bits per heavy atom. The van der Waals surface area contributed by atoms with Crippen LogP contribution < -0.4 is 16.8 Å². The second-order valence-electron chi connectivity index (χ2n) is 18.9. The molecule has 3 aliphatic rings. The second kappa shape index (κ2) is 31.9. The first-order valence-corrected chi connectivity index (χ1v) is 24.7. The van der Waals surface area contributed by atoms with E-state index in [0.717, 1.165) is 0 Å². The van der Waals surface area contributed by atoms with Crippen molar-refractivity contribution in [2.45, 2.75) is 177 Å². The third-order valence-electron chi connectivity index (χ3n) is 12.8. The molecule has 0 aromatic carbocycles. The molecule has 3 heterocycles. The van der Waals surface area contributed by atoms with Crippen molar-refractivity contribution in [2.24, 2.45) is 29.2 Å². The SMILES string of the molecule is CC1C=CC=CC=CC=CC=CC=CC=CC(OC2OC(C)C(O)C(N)C2O)CC2OC(O)(CC(O)CC(O)C(O)CCC(O)CC(O)CC(=O)OC(C)C(C)C1O)CC(O)C2C(=O)NCCOCCN. The van der Waals surface area contributed by atoms with E-state index in [1.54, 1.807) is 75.5 Å². The Labute approximate surface area is 417 Å². The second-order valence-corrected chi connectivity index (χ2v) is 18.9. The van der Waals surface area contributed by atoms with Crippen molar-refractivity contribution in [2.75, 3.05) is 26.3 Å². The lowest BCUT2D eigenvalue weighted by Crippen LogP contribution is -2.62. The number of nitrogens with one attached hydrogen (secondary N) is 1. The monoisotopic (exact) mass is 1010 g/mol. The molecule has 20 nitrogen and oxygen atoms in total. The zero-order valence-corrected chi connectivity index (χ0v) is 41.4. The molecule has 0 aliphatic carbocycles. The van der Waals surface area contributed by atoms with Crippen molar-refractivity contribution in [1.29, 1.82) is 0 Å². The van der Waals surface area contributed by atoms with E-state index >= 15 is 0 Å². The molecule has 0 aromatic heterocycles. The van der Waals surface area contributed by atoms with Crippen LogP contribution in [0, 0.1) is 17.8 Å². The smallest absolute Gasteiger partial charge is 0.308 e. The third kappa shape index (κ3) is 21.8. The molecule has 19 atom stereocenters. The number of ether oxygens (including phenoxy) is 5. The summed E-state index contributed by atoms with van der Waals surface area (Å²) in [5.74, 6) is -5.71. The minimum Gasteiger partial charge on any atom is -0.462 e. The number of aliphatic hydroxyl groups excluding tert-OH is 9. The van der Waals surface area contributed by atoms with Crippen LogP contribution in [0.4, 0.5) is 0 Å². The lowest BCUT2D eigenvalue weighted by Gasteiger charge is -2.46. The number of aliphatic hydroxyl groups is 10. The Hall–Kier alpha value is -3.52. The van der Waals surface area contributed by atoms with Crippen LogP contribution >= 0.6 is 0 Å². The molecule has 20 heteroatoms. The Morgan fingerprint density at radius 1 is 0.704 bits per heavy atom. The van der Waals surface area contributed by atoms with Crippen LogP contribution in [0.25, 0.3) is 0 Å². The fraction of sp³-hybridized carbons (Fsp3) is 0.686. The summed E-state index contributed by atoms with van der Waals surface area (Å²) in [4.78, 5) is 26.4. The van der Waals surface area contributed by atoms with Gasteiger partial charge in [-0.3, -0.25) is 9.59 Å². The number of esters is 1. The molecule has 404 valence electrons. The highest BCUT2D eigenvalue weighted by molar-refractivity contribution is 5.80. The van der Waals surface area contributed by atoms with E-state index in [4.69, 9.17) is 35.2 Å². The normalized spacial score (nSPS) is 39.5. The summed E-state index contributed by atoms with van der Waals surface area (Å²) in [6.07, 6.45) is 4.41. The molecular formula is C51H83N3O17. The first-order valence-electron chi connectivity index (χ1n) is 24.7. The van der Waals surface area contributed by atoms with Crippen LogP contribution in [0.3, 0.4) is 0 Å². The van der Waals surface area contributed by atoms with E-state index in [1.165, 1.54) is 0 Å². The quantitative estimate of drug-likeness (QED) is 0.110. The number of carbonyl (C=O) groups excluding carboxylic acids is 2. The van der Waals surface area contributed by atoms with Crippen molar-refractivity contribution in [1.82, 2.24) is 5.32 Å². The van der Waals surface area contributed by atoms with E-state index in [2.05, 4.69) is 5.32 Å². The lowest BCUT2D eigenvalue weighted by molar-refractivity contribution is -0.307. The fourth-order valence-electron chi connectivity index (χ4n) is 8.54. The number of amides is 1. The average molecular weight is 1010 g/mol. The zero-order valence-electron chi connectivity index (χ0n) is 41.4. The molecule has 2 saturated heterocycles. The van der Waals surface area contributed by atoms with Gasteiger partial charge in [0.2, 0.25) is 5.91 Å². The summed E-state index contributed by atoms with van der Waals surface area (Å²) in [5, 5.41) is 112.